The predicted octanol–water partition coefficient (Wildman–Crippen LogP) is 5.41. The van der Waals surface area contributed by atoms with E-state index in [1.165, 1.54) is 4.90 Å². The molecule has 0 saturated heterocycles. The SMILES string of the molecule is CCN(C)C=Nc1cc(Cl)c(Sc2ccccc2)cc1C. The minimum absolute atomic E-state index is 0.737. The lowest BCUT2D eigenvalue weighted by molar-refractivity contribution is 0.552. The monoisotopic (exact) mass is 318 g/mol. The molecule has 0 saturated carbocycles. The van der Waals surface area contributed by atoms with Crippen LogP contribution in [0.1, 0.15) is 12.5 Å². The number of nitrogens with zero attached hydrogens (tertiary/aromatic N) is 2. The van der Waals surface area contributed by atoms with E-state index in [1.54, 1.807) is 11.8 Å². The summed E-state index contributed by atoms with van der Waals surface area (Å²) in [6.07, 6.45) is 1.84. The molecule has 2 aromatic carbocycles. The van der Waals surface area contributed by atoms with Gasteiger partial charge in [0, 0.05) is 23.4 Å². The molecule has 110 valence electrons. The van der Waals surface area contributed by atoms with Crippen molar-refractivity contribution >= 4 is 35.4 Å². The largest absolute Gasteiger partial charge is 0.366 e. The first-order valence-electron chi connectivity index (χ1n) is 6.87. The van der Waals surface area contributed by atoms with E-state index < -0.39 is 0 Å². The molecule has 0 N–H and O–H groups in total. The normalized spacial score (nSPS) is 11.0. The third-order valence-corrected chi connectivity index (χ3v) is 4.60. The van der Waals surface area contributed by atoms with E-state index in [9.17, 15) is 0 Å². The lowest BCUT2D eigenvalue weighted by Crippen LogP contribution is -2.14. The van der Waals surface area contributed by atoms with Gasteiger partial charge < -0.3 is 4.90 Å². The van der Waals surface area contributed by atoms with Gasteiger partial charge in [-0.05, 0) is 43.7 Å². The van der Waals surface area contributed by atoms with Crippen LogP contribution < -0.4 is 0 Å². The lowest BCUT2D eigenvalue weighted by atomic mass is 10.2. The highest BCUT2D eigenvalue weighted by atomic mass is 35.5. The molecule has 0 bridgehead atoms. The molecular formula is C17H19ClN2S. The molecule has 0 atom stereocenters. The highest BCUT2D eigenvalue weighted by Gasteiger charge is 2.07. The Bertz CT molecular complexity index is 626. The van der Waals surface area contributed by atoms with Crippen molar-refractivity contribution in [1.82, 2.24) is 4.90 Å². The number of aliphatic imine (C=N–C) groups is 1. The van der Waals surface area contributed by atoms with Crippen LogP contribution in [0, 0.1) is 6.92 Å². The molecule has 0 aliphatic heterocycles. The van der Waals surface area contributed by atoms with E-state index in [2.05, 4.69) is 37.0 Å². The van der Waals surface area contributed by atoms with Crippen LogP contribution >= 0.6 is 23.4 Å². The predicted molar refractivity (Wildman–Crippen MR) is 93.2 cm³/mol. The van der Waals surface area contributed by atoms with Crippen molar-refractivity contribution in [3.05, 3.63) is 53.1 Å². The van der Waals surface area contributed by atoms with Crippen LogP contribution in [0.2, 0.25) is 5.02 Å². The smallest absolute Gasteiger partial charge is 0.0909 e. The molecule has 2 nitrogen and oxygen atoms in total. The summed E-state index contributed by atoms with van der Waals surface area (Å²) in [7, 11) is 2.00. The molecular weight excluding hydrogens is 300 g/mol. The van der Waals surface area contributed by atoms with Gasteiger partial charge in [-0.15, -0.1) is 0 Å². The molecule has 0 radical (unpaired) electrons. The number of aryl methyl sites for hydroxylation is 1. The fourth-order valence-corrected chi connectivity index (χ4v) is 2.93. The van der Waals surface area contributed by atoms with Crippen molar-refractivity contribution in [2.24, 2.45) is 4.99 Å². The highest BCUT2D eigenvalue weighted by molar-refractivity contribution is 7.99. The zero-order valence-corrected chi connectivity index (χ0v) is 14.1. The maximum Gasteiger partial charge on any atom is 0.0909 e. The van der Waals surface area contributed by atoms with E-state index in [-0.39, 0.29) is 0 Å². The van der Waals surface area contributed by atoms with Crippen LogP contribution in [0.4, 0.5) is 5.69 Å². The van der Waals surface area contributed by atoms with Gasteiger partial charge in [-0.2, -0.15) is 0 Å². The van der Waals surface area contributed by atoms with E-state index in [4.69, 9.17) is 11.6 Å². The molecule has 2 aromatic rings. The zero-order valence-electron chi connectivity index (χ0n) is 12.5. The summed E-state index contributed by atoms with van der Waals surface area (Å²) in [5.41, 5.74) is 2.04. The quantitative estimate of drug-likeness (QED) is 0.541. The summed E-state index contributed by atoms with van der Waals surface area (Å²) >= 11 is 8.06. The standard InChI is InChI=1S/C17H19ClN2S/c1-4-20(3)12-19-16-11-15(18)17(10-13(16)2)21-14-8-6-5-7-9-14/h5-12H,4H2,1-3H3. The molecule has 0 heterocycles. The minimum Gasteiger partial charge on any atom is -0.366 e. The van der Waals surface area contributed by atoms with E-state index in [0.717, 1.165) is 27.7 Å². The Kier molecular flexibility index (Phi) is 5.71. The third-order valence-electron chi connectivity index (χ3n) is 3.11. The fraction of sp³-hybridized carbons (Fsp3) is 0.235. The molecule has 0 fully saturated rings. The Morgan fingerprint density at radius 3 is 2.62 bits per heavy atom. The molecule has 0 aliphatic carbocycles. The summed E-state index contributed by atoms with van der Waals surface area (Å²) in [4.78, 5) is 8.76. The molecule has 2 rings (SSSR count). The molecule has 0 unspecified atom stereocenters. The topological polar surface area (TPSA) is 15.6 Å². The van der Waals surface area contributed by atoms with Crippen LogP contribution in [0.15, 0.2) is 57.2 Å². The van der Waals surface area contributed by atoms with Gasteiger partial charge in [0.2, 0.25) is 0 Å². The van der Waals surface area contributed by atoms with Crippen molar-refractivity contribution < 1.29 is 0 Å². The minimum atomic E-state index is 0.737. The first kappa shape index (κ1) is 15.9. The Hall–Kier alpha value is -1.45. The van der Waals surface area contributed by atoms with Gasteiger partial charge in [0.05, 0.1) is 17.0 Å². The van der Waals surface area contributed by atoms with E-state index in [0.29, 0.717) is 0 Å². The van der Waals surface area contributed by atoms with E-state index >= 15 is 0 Å². The average molecular weight is 319 g/mol. The number of hydrogen-bond donors (Lipinski definition) is 0. The van der Waals surface area contributed by atoms with Gasteiger partial charge >= 0.3 is 0 Å². The Morgan fingerprint density at radius 2 is 1.95 bits per heavy atom. The number of hydrogen-bond acceptors (Lipinski definition) is 2. The second-order valence-corrected chi connectivity index (χ2v) is 6.32. The van der Waals surface area contributed by atoms with Crippen molar-refractivity contribution in [2.45, 2.75) is 23.6 Å². The third kappa shape index (κ3) is 4.51. The summed E-state index contributed by atoms with van der Waals surface area (Å²) in [6.45, 7) is 5.08. The molecule has 0 amide bonds. The average Bonchev–Trinajstić information content (AvgIpc) is 2.50. The van der Waals surface area contributed by atoms with Crippen molar-refractivity contribution in [2.75, 3.05) is 13.6 Å². The van der Waals surface area contributed by atoms with Gasteiger partial charge in [0.25, 0.3) is 0 Å². The van der Waals surface area contributed by atoms with Gasteiger partial charge in [-0.1, -0.05) is 41.6 Å². The fourth-order valence-electron chi connectivity index (χ4n) is 1.72. The number of rotatable bonds is 5. The molecule has 0 spiro atoms. The first-order chi connectivity index (χ1) is 10.1. The van der Waals surface area contributed by atoms with Crippen molar-refractivity contribution in [3.8, 4) is 0 Å². The second-order valence-electron chi connectivity index (χ2n) is 4.80. The van der Waals surface area contributed by atoms with Crippen molar-refractivity contribution in [1.29, 1.82) is 0 Å². The Morgan fingerprint density at radius 1 is 1.24 bits per heavy atom. The number of halogens is 1. The highest BCUT2D eigenvalue weighted by Crippen LogP contribution is 2.37. The van der Waals surface area contributed by atoms with Gasteiger partial charge in [0.1, 0.15) is 0 Å². The van der Waals surface area contributed by atoms with Crippen LogP contribution in [0.25, 0.3) is 0 Å². The molecule has 4 heteroatoms. The summed E-state index contributed by atoms with van der Waals surface area (Å²) < 4.78 is 0. The summed E-state index contributed by atoms with van der Waals surface area (Å²) in [5.74, 6) is 0. The summed E-state index contributed by atoms with van der Waals surface area (Å²) in [6, 6.07) is 14.3. The van der Waals surface area contributed by atoms with Crippen LogP contribution in [0.3, 0.4) is 0 Å². The maximum absolute atomic E-state index is 6.39. The first-order valence-corrected chi connectivity index (χ1v) is 8.07. The maximum atomic E-state index is 6.39. The van der Waals surface area contributed by atoms with Crippen LogP contribution in [-0.2, 0) is 0 Å². The lowest BCUT2D eigenvalue weighted by Gasteiger charge is -2.11. The van der Waals surface area contributed by atoms with Crippen molar-refractivity contribution in [3.63, 3.8) is 0 Å². The Balaban J connectivity index is 2.23. The van der Waals surface area contributed by atoms with Crippen LogP contribution in [-0.4, -0.2) is 24.8 Å². The molecule has 21 heavy (non-hydrogen) atoms. The molecule has 0 aromatic heterocycles. The van der Waals surface area contributed by atoms with Gasteiger partial charge in [0.15, 0.2) is 0 Å². The Labute approximate surface area is 135 Å². The van der Waals surface area contributed by atoms with Gasteiger partial charge in [-0.25, -0.2) is 4.99 Å². The van der Waals surface area contributed by atoms with E-state index in [1.807, 2.05) is 42.6 Å². The van der Waals surface area contributed by atoms with Gasteiger partial charge in [-0.3, -0.25) is 0 Å². The summed E-state index contributed by atoms with van der Waals surface area (Å²) in [5, 5.41) is 0.737. The second kappa shape index (κ2) is 7.53. The number of benzene rings is 2. The molecule has 0 aliphatic rings. The van der Waals surface area contributed by atoms with Crippen LogP contribution in [0.5, 0.6) is 0 Å². The zero-order chi connectivity index (χ0) is 15.2.